The number of ether oxygens (including phenoxy) is 1. The minimum Gasteiger partial charge on any atom is -0.480 e. The van der Waals surface area contributed by atoms with Crippen LogP contribution in [0.15, 0.2) is 52.2 Å². The Balaban J connectivity index is 1.88. The molecular formula is C21H26Cl2N3O8PS. The molecule has 0 amide bonds. The summed E-state index contributed by atoms with van der Waals surface area (Å²) >= 11 is 18.3. The first-order chi connectivity index (χ1) is 16.7. The maximum absolute atomic E-state index is 12.2. The quantitative estimate of drug-likeness (QED) is 0.243. The first-order valence-electron chi connectivity index (χ1n) is 10.7. The summed E-state index contributed by atoms with van der Waals surface area (Å²) in [5.41, 5.74) is -3.00. The molecule has 1 aliphatic rings. The minimum atomic E-state index is -3.59. The fraction of sp³-hybridized carbons (Fsp3) is 0.476. The number of aromatic nitrogens is 2. The van der Waals surface area contributed by atoms with Gasteiger partial charge >= 0.3 is 18.3 Å². The monoisotopic (exact) mass is 581 g/mol. The molecule has 0 radical (unpaired) electrons. The second kappa shape index (κ2) is 10.9. The summed E-state index contributed by atoms with van der Waals surface area (Å²) < 4.78 is 16.5. The van der Waals surface area contributed by atoms with Gasteiger partial charge in [0.15, 0.2) is 10.6 Å². The first kappa shape index (κ1) is 28.8. The lowest BCUT2D eigenvalue weighted by molar-refractivity contribution is -0.145. The van der Waals surface area contributed by atoms with E-state index in [-0.39, 0.29) is 0 Å². The molecule has 11 nitrogen and oxygen atoms in total. The Morgan fingerprint density at radius 2 is 1.97 bits per heavy atom. The van der Waals surface area contributed by atoms with E-state index in [0.29, 0.717) is 5.75 Å². The predicted molar refractivity (Wildman–Crippen MR) is 137 cm³/mol. The number of carboxylic acids is 1. The Hall–Kier alpha value is -1.76. The van der Waals surface area contributed by atoms with Crippen molar-refractivity contribution in [1.82, 2.24) is 14.6 Å². The largest absolute Gasteiger partial charge is 0.480 e. The molecule has 1 unspecified atom stereocenters. The van der Waals surface area contributed by atoms with E-state index in [9.17, 15) is 24.6 Å². The molecule has 2 aromatic rings. The number of hydrogen-bond acceptors (Lipinski definition) is 8. The van der Waals surface area contributed by atoms with Gasteiger partial charge < -0.3 is 24.0 Å². The third-order valence-corrected chi connectivity index (χ3v) is 9.14. The Labute approximate surface area is 221 Å². The fourth-order valence-corrected chi connectivity index (χ4v) is 6.73. The van der Waals surface area contributed by atoms with Crippen molar-refractivity contribution in [2.75, 3.05) is 6.61 Å². The van der Waals surface area contributed by atoms with Gasteiger partial charge in [0, 0.05) is 12.3 Å². The second-order valence-electron chi connectivity index (χ2n) is 8.64. The van der Waals surface area contributed by atoms with Crippen LogP contribution < -0.4 is 20.9 Å². The van der Waals surface area contributed by atoms with E-state index in [1.165, 1.54) is 6.92 Å². The molecule has 1 saturated heterocycles. The second-order valence-corrected chi connectivity index (χ2v) is 13.2. The van der Waals surface area contributed by atoms with Crippen LogP contribution in [0, 0.1) is 5.92 Å². The van der Waals surface area contributed by atoms with Crippen molar-refractivity contribution in [3.05, 3.63) is 63.4 Å². The molecule has 3 rings (SSSR count). The molecule has 5 atom stereocenters. The van der Waals surface area contributed by atoms with Gasteiger partial charge in [-0.3, -0.25) is 19.1 Å². The molecule has 0 saturated carbocycles. The number of halogens is 2. The molecule has 1 aromatic heterocycles. The number of carboxylic acid groups (broad SMARTS) is 1. The number of nitrogens with one attached hydrogen (secondary N) is 2. The van der Waals surface area contributed by atoms with Crippen molar-refractivity contribution in [2.45, 2.75) is 49.1 Å². The summed E-state index contributed by atoms with van der Waals surface area (Å²) in [5.74, 6) is -1.25. The van der Waals surface area contributed by atoms with Gasteiger partial charge in [-0.2, -0.15) is 0 Å². The number of nitrogens with zero attached hydrogens (tertiary/aromatic N) is 1. The van der Waals surface area contributed by atoms with Crippen LogP contribution in [-0.2, 0) is 25.9 Å². The van der Waals surface area contributed by atoms with Crippen LogP contribution in [0.2, 0.25) is 0 Å². The van der Waals surface area contributed by atoms with Gasteiger partial charge in [-0.05, 0) is 36.8 Å². The highest BCUT2D eigenvalue weighted by Crippen LogP contribution is 2.51. The maximum atomic E-state index is 12.2. The number of alkyl halides is 2. The summed E-state index contributed by atoms with van der Waals surface area (Å²) in [6.07, 6.45) is -3.00. The molecule has 1 fully saturated rings. The lowest BCUT2D eigenvalue weighted by atomic mass is 9.90. The molecule has 1 aliphatic heterocycles. The van der Waals surface area contributed by atoms with Gasteiger partial charge in [0.25, 0.3) is 5.56 Å². The number of aliphatic carboxylic acids is 1. The van der Waals surface area contributed by atoms with Gasteiger partial charge in [-0.15, -0.1) is 0 Å². The van der Waals surface area contributed by atoms with Crippen LogP contribution in [0.3, 0.4) is 0 Å². The van der Waals surface area contributed by atoms with Gasteiger partial charge in [-0.25, -0.2) is 9.88 Å². The average molecular weight is 582 g/mol. The first-order valence-corrected chi connectivity index (χ1v) is 14.1. The zero-order valence-electron chi connectivity index (χ0n) is 19.5. The SMILES string of the molecule is CC(C)[C@](C)(NP(=S)(OC[C@H]1O[C@@H](n2ccc(=O)[nH]c2=O)C(Cl)(Cl)[C@@H]1O)Oc1ccccc1)C(=O)O. The Kier molecular flexibility index (Phi) is 8.74. The van der Waals surface area contributed by atoms with E-state index in [4.69, 9.17) is 48.8 Å². The number of H-pyrrole nitrogens is 1. The predicted octanol–water partition coefficient (Wildman–Crippen LogP) is 2.38. The molecule has 2 heterocycles. The Bertz CT molecular complexity index is 1260. The topological polar surface area (TPSA) is 152 Å². The normalized spacial score (nSPS) is 24.7. The molecule has 198 valence electrons. The number of aliphatic hydroxyl groups is 1. The molecule has 0 aliphatic carbocycles. The number of hydrogen-bond donors (Lipinski definition) is 4. The zero-order valence-corrected chi connectivity index (χ0v) is 22.7. The van der Waals surface area contributed by atoms with Crippen molar-refractivity contribution in [3.63, 3.8) is 0 Å². The number of aliphatic hydroxyl groups excluding tert-OH is 1. The number of para-hydroxylation sites is 1. The molecule has 36 heavy (non-hydrogen) atoms. The number of benzene rings is 1. The van der Waals surface area contributed by atoms with E-state index in [1.807, 2.05) is 0 Å². The van der Waals surface area contributed by atoms with E-state index in [1.54, 1.807) is 44.2 Å². The molecule has 0 bridgehead atoms. The molecule has 15 heteroatoms. The van der Waals surface area contributed by atoms with Crippen LogP contribution in [0.1, 0.15) is 27.0 Å². The highest BCUT2D eigenvalue weighted by Gasteiger charge is 2.56. The van der Waals surface area contributed by atoms with Gasteiger partial charge in [0.05, 0.1) is 6.61 Å². The number of carbonyl (C=O) groups is 1. The fourth-order valence-electron chi connectivity index (χ4n) is 3.30. The van der Waals surface area contributed by atoms with Gasteiger partial charge in [-0.1, -0.05) is 55.2 Å². The van der Waals surface area contributed by atoms with Gasteiger partial charge in [0.2, 0.25) is 0 Å². The van der Waals surface area contributed by atoms with Crippen molar-refractivity contribution in [1.29, 1.82) is 0 Å². The Morgan fingerprint density at radius 1 is 1.33 bits per heavy atom. The average Bonchev–Trinajstić information content (AvgIpc) is 3.01. The molecular weight excluding hydrogens is 556 g/mol. The van der Waals surface area contributed by atoms with E-state index in [0.717, 1.165) is 16.8 Å². The summed E-state index contributed by atoms with van der Waals surface area (Å²) in [7, 11) is 0. The molecule has 0 spiro atoms. The third kappa shape index (κ3) is 6.03. The summed E-state index contributed by atoms with van der Waals surface area (Å²) in [6, 6.07) is 9.51. The highest BCUT2D eigenvalue weighted by molar-refractivity contribution is 8.09. The minimum absolute atomic E-state index is 0.333. The zero-order chi connectivity index (χ0) is 26.9. The van der Waals surface area contributed by atoms with Crippen LogP contribution in [0.5, 0.6) is 5.75 Å². The lowest BCUT2D eigenvalue weighted by Crippen LogP contribution is -2.52. The van der Waals surface area contributed by atoms with Crippen LogP contribution in [0.4, 0.5) is 0 Å². The smallest absolute Gasteiger partial charge is 0.330 e. The van der Waals surface area contributed by atoms with Crippen LogP contribution >= 0.6 is 29.8 Å². The maximum Gasteiger partial charge on any atom is 0.330 e. The van der Waals surface area contributed by atoms with Crippen molar-refractivity contribution in [2.24, 2.45) is 5.92 Å². The van der Waals surface area contributed by atoms with E-state index >= 15 is 0 Å². The molecule has 4 N–H and O–H groups in total. The Morgan fingerprint density at radius 3 is 2.53 bits per heavy atom. The lowest BCUT2D eigenvalue weighted by Gasteiger charge is -2.36. The highest BCUT2D eigenvalue weighted by atomic mass is 35.5. The summed E-state index contributed by atoms with van der Waals surface area (Å²) in [5, 5.41) is 23.5. The number of aromatic amines is 1. The molecule has 1 aromatic carbocycles. The van der Waals surface area contributed by atoms with Crippen LogP contribution in [-0.4, -0.2) is 54.4 Å². The van der Waals surface area contributed by atoms with Crippen LogP contribution in [0.25, 0.3) is 0 Å². The number of rotatable bonds is 10. The van der Waals surface area contributed by atoms with Crippen molar-refractivity contribution in [3.8, 4) is 5.75 Å². The van der Waals surface area contributed by atoms with E-state index in [2.05, 4.69) is 10.1 Å². The van der Waals surface area contributed by atoms with Crippen molar-refractivity contribution >= 4 is 47.6 Å². The van der Waals surface area contributed by atoms with Gasteiger partial charge in [0.1, 0.15) is 23.5 Å². The van der Waals surface area contributed by atoms with E-state index < -0.39 is 64.7 Å². The standard InChI is InChI=1S/C21H26Cl2N3O8PS/c1-12(2)20(3,18(29)30)25-35(36,34-13-7-5-4-6-8-13)32-11-14-16(28)21(22,23)17(33-14)26-10-9-15(27)24-19(26)31/h4-10,12,14,16-17,28H,11H2,1-3H3,(H,25,36)(H,29,30)(H,24,27,31)/t14-,16-,17-,20+,35?/m1/s1. The van der Waals surface area contributed by atoms with Crippen molar-refractivity contribution < 1.29 is 28.8 Å². The summed E-state index contributed by atoms with van der Waals surface area (Å²) in [4.78, 5) is 37.8. The third-order valence-electron chi connectivity index (χ3n) is 5.83. The summed E-state index contributed by atoms with van der Waals surface area (Å²) in [6.45, 7) is 0.861.